The minimum absolute atomic E-state index is 0.114. The van der Waals surface area contributed by atoms with Crippen molar-refractivity contribution in [1.29, 1.82) is 0 Å². The van der Waals surface area contributed by atoms with Gasteiger partial charge in [-0.3, -0.25) is 0 Å². The summed E-state index contributed by atoms with van der Waals surface area (Å²) in [4.78, 5) is 24.9. The molecule has 1 heterocycles. The Kier molecular flexibility index (Phi) is 3.81. The summed E-state index contributed by atoms with van der Waals surface area (Å²) in [6.45, 7) is 3.71. The predicted octanol–water partition coefficient (Wildman–Crippen LogP) is 4.78. The SMILES string of the molecule is Cc1cccc(C)c1OC(=O)c1cc2c(ccc3ccccc32)oc1=O. The quantitative estimate of drug-likeness (QED) is 0.227. The van der Waals surface area contributed by atoms with Crippen molar-refractivity contribution in [2.75, 3.05) is 0 Å². The maximum absolute atomic E-state index is 12.6. The largest absolute Gasteiger partial charge is 0.422 e. The summed E-state index contributed by atoms with van der Waals surface area (Å²) < 4.78 is 10.9. The van der Waals surface area contributed by atoms with E-state index < -0.39 is 11.6 Å². The molecule has 0 aliphatic carbocycles. The fourth-order valence-corrected chi connectivity index (χ4v) is 3.12. The molecule has 0 saturated carbocycles. The van der Waals surface area contributed by atoms with E-state index in [2.05, 4.69) is 0 Å². The summed E-state index contributed by atoms with van der Waals surface area (Å²) in [5, 5.41) is 2.62. The van der Waals surface area contributed by atoms with Crippen LogP contribution in [-0.2, 0) is 0 Å². The molecule has 0 atom stereocenters. The summed E-state index contributed by atoms with van der Waals surface area (Å²) in [7, 11) is 0. The second kappa shape index (κ2) is 6.15. The van der Waals surface area contributed by atoms with Gasteiger partial charge in [-0.1, -0.05) is 48.5 Å². The number of benzene rings is 3. The Morgan fingerprint density at radius 2 is 1.62 bits per heavy atom. The lowest BCUT2D eigenvalue weighted by Gasteiger charge is -2.10. The molecule has 128 valence electrons. The topological polar surface area (TPSA) is 56.5 Å². The van der Waals surface area contributed by atoms with Crippen molar-refractivity contribution in [2.45, 2.75) is 13.8 Å². The highest BCUT2D eigenvalue weighted by atomic mass is 16.5. The van der Waals surface area contributed by atoms with Crippen LogP contribution in [0.25, 0.3) is 21.7 Å². The van der Waals surface area contributed by atoms with Gasteiger partial charge in [0.15, 0.2) is 0 Å². The van der Waals surface area contributed by atoms with Crippen LogP contribution in [0, 0.1) is 13.8 Å². The van der Waals surface area contributed by atoms with Gasteiger partial charge in [0.25, 0.3) is 0 Å². The van der Waals surface area contributed by atoms with Crippen LogP contribution in [0.2, 0.25) is 0 Å². The van der Waals surface area contributed by atoms with Crippen LogP contribution in [0.4, 0.5) is 0 Å². The minimum Gasteiger partial charge on any atom is -0.422 e. The molecule has 4 rings (SSSR count). The summed E-state index contributed by atoms with van der Waals surface area (Å²) in [6.07, 6.45) is 0. The molecule has 0 amide bonds. The Bertz CT molecular complexity index is 1200. The highest BCUT2D eigenvalue weighted by molar-refractivity contribution is 6.07. The van der Waals surface area contributed by atoms with Gasteiger partial charge in [0.1, 0.15) is 16.9 Å². The number of esters is 1. The lowest BCUT2D eigenvalue weighted by Crippen LogP contribution is -2.19. The van der Waals surface area contributed by atoms with E-state index >= 15 is 0 Å². The van der Waals surface area contributed by atoms with Crippen molar-refractivity contribution in [3.05, 3.63) is 87.8 Å². The smallest absolute Gasteiger partial charge is 0.351 e. The number of hydrogen-bond acceptors (Lipinski definition) is 4. The normalized spacial score (nSPS) is 11.0. The average molecular weight is 344 g/mol. The van der Waals surface area contributed by atoms with Gasteiger partial charge in [0.05, 0.1) is 0 Å². The zero-order valence-electron chi connectivity index (χ0n) is 14.4. The number of para-hydroxylation sites is 1. The van der Waals surface area contributed by atoms with Gasteiger partial charge in [-0.05, 0) is 47.9 Å². The number of carbonyl (C=O) groups excluding carboxylic acids is 1. The Hall–Kier alpha value is -3.40. The second-order valence-electron chi connectivity index (χ2n) is 6.26. The summed E-state index contributed by atoms with van der Waals surface area (Å²) in [5.74, 6) is -0.249. The van der Waals surface area contributed by atoms with Crippen LogP contribution in [0.5, 0.6) is 5.75 Å². The van der Waals surface area contributed by atoms with Crippen LogP contribution in [-0.4, -0.2) is 5.97 Å². The molecule has 26 heavy (non-hydrogen) atoms. The number of aryl methyl sites for hydroxylation is 2. The predicted molar refractivity (Wildman–Crippen MR) is 101 cm³/mol. The van der Waals surface area contributed by atoms with Crippen LogP contribution < -0.4 is 10.4 Å². The first-order valence-electron chi connectivity index (χ1n) is 8.28. The monoisotopic (exact) mass is 344 g/mol. The first-order chi connectivity index (χ1) is 12.5. The van der Waals surface area contributed by atoms with Crippen molar-refractivity contribution in [3.8, 4) is 5.75 Å². The molecule has 0 bridgehead atoms. The van der Waals surface area contributed by atoms with Crippen molar-refractivity contribution < 1.29 is 13.9 Å². The lowest BCUT2D eigenvalue weighted by molar-refractivity contribution is 0.0728. The van der Waals surface area contributed by atoms with E-state index in [9.17, 15) is 9.59 Å². The Morgan fingerprint density at radius 3 is 2.38 bits per heavy atom. The van der Waals surface area contributed by atoms with E-state index in [0.717, 1.165) is 21.9 Å². The van der Waals surface area contributed by atoms with Crippen LogP contribution in [0.3, 0.4) is 0 Å². The van der Waals surface area contributed by atoms with Crippen LogP contribution >= 0.6 is 0 Å². The zero-order valence-corrected chi connectivity index (χ0v) is 14.4. The van der Waals surface area contributed by atoms with E-state index in [1.54, 1.807) is 12.1 Å². The average Bonchev–Trinajstić information content (AvgIpc) is 2.64. The standard InChI is InChI=1S/C22H16O4/c1-13-6-5-7-14(2)20(13)26-22(24)18-12-17-16-9-4-3-8-15(16)10-11-19(17)25-21(18)23/h3-12H,1-2H3. The highest BCUT2D eigenvalue weighted by Crippen LogP contribution is 2.26. The van der Waals surface area contributed by atoms with Gasteiger partial charge < -0.3 is 9.15 Å². The molecule has 0 radical (unpaired) electrons. The molecule has 0 aliphatic rings. The molecule has 0 spiro atoms. The summed E-state index contributed by atoms with van der Waals surface area (Å²) in [6, 6.07) is 18.5. The third-order valence-corrected chi connectivity index (χ3v) is 4.47. The molecule has 4 nitrogen and oxygen atoms in total. The lowest BCUT2D eigenvalue weighted by atomic mass is 10.0. The Labute approximate surface area is 149 Å². The molecule has 0 unspecified atom stereocenters. The van der Waals surface area contributed by atoms with Gasteiger partial charge in [0, 0.05) is 5.39 Å². The molecule has 1 aromatic heterocycles. The number of hydrogen-bond donors (Lipinski definition) is 0. The van der Waals surface area contributed by atoms with Gasteiger partial charge in [0.2, 0.25) is 0 Å². The molecule has 0 aliphatic heterocycles. The summed E-state index contributed by atoms with van der Waals surface area (Å²) in [5.41, 5.74) is 1.28. The maximum Gasteiger partial charge on any atom is 0.351 e. The molecular weight excluding hydrogens is 328 g/mol. The highest BCUT2D eigenvalue weighted by Gasteiger charge is 2.18. The zero-order chi connectivity index (χ0) is 18.3. The second-order valence-corrected chi connectivity index (χ2v) is 6.26. The van der Waals surface area contributed by atoms with E-state index in [1.807, 2.05) is 62.4 Å². The number of carbonyl (C=O) groups is 1. The van der Waals surface area contributed by atoms with Crippen molar-refractivity contribution in [3.63, 3.8) is 0 Å². The fraction of sp³-hybridized carbons (Fsp3) is 0.0909. The van der Waals surface area contributed by atoms with E-state index in [4.69, 9.17) is 9.15 Å². The molecule has 4 aromatic rings. The Morgan fingerprint density at radius 1 is 0.885 bits per heavy atom. The van der Waals surface area contributed by atoms with Gasteiger partial charge in [-0.25, -0.2) is 9.59 Å². The molecule has 0 fully saturated rings. The van der Waals surface area contributed by atoms with E-state index in [-0.39, 0.29) is 5.56 Å². The molecular formula is C22H16O4. The fourth-order valence-electron chi connectivity index (χ4n) is 3.12. The minimum atomic E-state index is -0.717. The number of fused-ring (bicyclic) bond motifs is 3. The van der Waals surface area contributed by atoms with Crippen LogP contribution in [0.1, 0.15) is 21.5 Å². The maximum atomic E-state index is 12.6. The Balaban J connectivity index is 1.85. The van der Waals surface area contributed by atoms with Crippen LogP contribution in [0.15, 0.2) is 69.9 Å². The molecule has 3 aromatic carbocycles. The third kappa shape index (κ3) is 2.65. The molecule has 0 N–H and O–H groups in total. The van der Waals surface area contributed by atoms with Gasteiger partial charge >= 0.3 is 11.6 Å². The molecule has 4 heteroatoms. The third-order valence-electron chi connectivity index (χ3n) is 4.47. The van der Waals surface area contributed by atoms with Gasteiger partial charge in [-0.15, -0.1) is 0 Å². The van der Waals surface area contributed by atoms with E-state index in [0.29, 0.717) is 16.7 Å². The van der Waals surface area contributed by atoms with Crippen molar-refractivity contribution in [2.24, 2.45) is 0 Å². The van der Waals surface area contributed by atoms with E-state index in [1.165, 1.54) is 0 Å². The first-order valence-corrected chi connectivity index (χ1v) is 8.28. The van der Waals surface area contributed by atoms with Crippen molar-refractivity contribution in [1.82, 2.24) is 0 Å². The van der Waals surface area contributed by atoms with Gasteiger partial charge in [-0.2, -0.15) is 0 Å². The number of ether oxygens (including phenoxy) is 1. The van der Waals surface area contributed by atoms with Crippen molar-refractivity contribution >= 4 is 27.7 Å². The number of rotatable bonds is 2. The first kappa shape index (κ1) is 16.1. The molecule has 0 saturated heterocycles. The summed E-state index contributed by atoms with van der Waals surface area (Å²) >= 11 is 0.